The molecule has 19 heavy (non-hydrogen) atoms. The second-order valence-corrected chi connectivity index (χ2v) is 7.32. The molecule has 100 valence electrons. The van der Waals surface area contributed by atoms with Crippen LogP contribution in [0.25, 0.3) is 15.5 Å². The first kappa shape index (κ1) is 12.5. The van der Waals surface area contributed by atoms with Crippen LogP contribution in [-0.2, 0) is 10.0 Å². The topological polar surface area (TPSA) is 123 Å². The summed E-state index contributed by atoms with van der Waals surface area (Å²) < 4.78 is 23.5. The quantitative estimate of drug-likeness (QED) is 0.619. The zero-order valence-electron chi connectivity index (χ0n) is 9.14. The highest BCUT2D eigenvalue weighted by atomic mass is 32.2. The van der Waals surface area contributed by atoms with Crippen molar-refractivity contribution in [1.29, 1.82) is 0 Å². The predicted octanol–water partition coefficient (Wildman–Crippen LogP) is 0.968. The van der Waals surface area contributed by atoms with E-state index in [4.69, 9.17) is 10.3 Å². The number of hydrogen-bond donors (Lipinski definition) is 3. The zero-order chi connectivity index (χ0) is 13.6. The Bertz CT molecular complexity index is 815. The van der Waals surface area contributed by atoms with E-state index < -0.39 is 10.0 Å². The molecule has 0 saturated carbocycles. The summed E-state index contributed by atoms with van der Waals surface area (Å²) in [6.45, 7) is 0. The van der Waals surface area contributed by atoms with Crippen LogP contribution >= 0.6 is 22.7 Å². The second-order valence-electron chi connectivity index (χ2n) is 3.54. The number of primary sulfonamides is 1. The van der Waals surface area contributed by atoms with Gasteiger partial charge in [-0.15, -0.1) is 16.4 Å². The molecule has 0 amide bonds. The van der Waals surface area contributed by atoms with Gasteiger partial charge in [-0.25, -0.2) is 23.1 Å². The van der Waals surface area contributed by atoms with Crippen molar-refractivity contribution in [2.75, 3.05) is 5.48 Å². The molecule has 3 aromatic rings. The Balaban J connectivity index is 2.06. The Morgan fingerprint density at radius 2 is 2.16 bits per heavy atom. The molecule has 0 fully saturated rings. The predicted molar refractivity (Wildman–Crippen MR) is 71.0 cm³/mol. The Morgan fingerprint density at radius 1 is 1.37 bits per heavy atom. The van der Waals surface area contributed by atoms with Crippen molar-refractivity contribution in [2.24, 2.45) is 5.14 Å². The molecule has 0 saturated heterocycles. The van der Waals surface area contributed by atoms with Gasteiger partial charge in [-0.05, 0) is 12.1 Å². The van der Waals surface area contributed by atoms with Gasteiger partial charge in [-0.2, -0.15) is 0 Å². The Kier molecular flexibility index (Phi) is 2.79. The smallest absolute Gasteiger partial charge is 0.267 e. The number of anilines is 1. The minimum absolute atomic E-state index is 0.176. The average Bonchev–Trinajstić information content (AvgIpc) is 3.00. The van der Waals surface area contributed by atoms with Gasteiger partial charge in [0.15, 0.2) is 0 Å². The molecule has 0 aromatic carbocycles. The van der Waals surface area contributed by atoms with Crippen molar-refractivity contribution in [3.8, 4) is 10.6 Å². The van der Waals surface area contributed by atoms with Gasteiger partial charge in [-0.3, -0.25) is 10.7 Å². The third-order valence-electron chi connectivity index (χ3n) is 2.24. The molecule has 3 heterocycles. The molecule has 0 unspecified atom stereocenters. The number of thiophene rings is 1. The number of aromatic nitrogens is 3. The second kappa shape index (κ2) is 4.25. The van der Waals surface area contributed by atoms with Crippen molar-refractivity contribution in [2.45, 2.75) is 4.34 Å². The molecule has 0 radical (unpaired) electrons. The van der Waals surface area contributed by atoms with E-state index in [1.807, 2.05) is 5.48 Å². The fraction of sp³-hybridized carbons (Fsp3) is 0. The summed E-state index contributed by atoms with van der Waals surface area (Å²) in [6, 6.07) is 3.49. The molecule has 0 bridgehead atoms. The standard InChI is InChI=1S/C8H7N5O3S3/c9-19(15,16)8-11-13-3-4(10-7(13)18-8)5-1-2-6(12-14)17-5/h1-3,12,14H,(H2,9,15,16). The van der Waals surface area contributed by atoms with Gasteiger partial charge < -0.3 is 0 Å². The van der Waals surface area contributed by atoms with E-state index in [-0.39, 0.29) is 4.34 Å². The van der Waals surface area contributed by atoms with Crippen LogP contribution in [0.2, 0.25) is 0 Å². The third kappa shape index (κ3) is 2.21. The lowest BCUT2D eigenvalue weighted by atomic mass is 10.4. The van der Waals surface area contributed by atoms with Crippen LogP contribution in [0.5, 0.6) is 0 Å². The highest BCUT2D eigenvalue weighted by Crippen LogP contribution is 2.31. The van der Waals surface area contributed by atoms with Gasteiger partial charge in [-0.1, -0.05) is 11.3 Å². The number of nitrogens with two attached hydrogens (primary N) is 1. The molecule has 0 aliphatic heterocycles. The van der Waals surface area contributed by atoms with Crippen LogP contribution in [0, 0.1) is 0 Å². The number of rotatable bonds is 3. The highest BCUT2D eigenvalue weighted by Gasteiger charge is 2.17. The van der Waals surface area contributed by atoms with Crippen LogP contribution < -0.4 is 10.6 Å². The molecule has 0 aliphatic carbocycles. The molecule has 11 heteroatoms. The summed E-state index contributed by atoms with van der Waals surface area (Å²) in [4.78, 5) is 5.53. The van der Waals surface area contributed by atoms with E-state index in [0.717, 1.165) is 16.2 Å². The third-order valence-corrected chi connectivity index (χ3v) is 5.48. The number of hydrogen-bond acceptors (Lipinski definition) is 8. The molecule has 8 nitrogen and oxygen atoms in total. The van der Waals surface area contributed by atoms with E-state index in [0.29, 0.717) is 15.7 Å². The van der Waals surface area contributed by atoms with Crippen LogP contribution in [0.3, 0.4) is 0 Å². The van der Waals surface area contributed by atoms with E-state index in [1.165, 1.54) is 15.9 Å². The monoisotopic (exact) mass is 317 g/mol. The summed E-state index contributed by atoms with van der Waals surface area (Å²) in [5, 5.41) is 18.2. The van der Waals surface area contributed by atoms with Gasteiger partial charge in [0.05, 0.1) is 11.1 Å². The molecule has 3 aromatic heterocycles. The van der Waals surface area contributed by atoms with Crippen LogP contribution in [0.4, 0.5) is 5.00 Å². The lowest BCUT2D eigenvalue weighted by molar-refractivity contribution is 0.391. The van der Waals surface area contributed by atoms with E-state index in [2.05, 4.69) is 10.1 Å². The minimum Gasteiger partial charge on any atom is -0.290 e. The maximum Gasteiger partial charge on any atom is 0.267 e. The van der Waals surface area contributed by atoms with Crippen LogP contribution in [0.1, 0.15) is 0 Å². The van der Waals surface area contributed by atoms with E-state index in [1.54, 1.807) is 18.3 Å². The van der Waals surface area contributed by atoms with Crippen molar-refractivity contribution >= 4 is 42.7 Å². The molecule has 4 N–H and O–H groups in total. The Morgan fingerprint density at radius 3 is 2.74 bits per heavy atom. The Hall–Kier alpha value is -1.53. The van der Waals surface area contributed by atoms with Gasteiger partial charge in [0.1, 0.15) is 10.7 Å². The van der Waals surface area contributed by atoms with Crippen molar-refractivity contribution in [3.63, 3.8) is 0 Å². The van der Waals surface area contributed by atoms with Crippen molar-refractivity contribution in [3.05, 3.63) is 18.3 Å². The summed E-state index contributed by atoms with van der Waals surface area (Å²) in [5.41, 5.74) is 2.69. The molecular formula is C8H7N5O3S3. The molecule has 0 aliphatic rings. The number of imidazole rings is 1. The summed E-state index contributed by atoms with van der Waals surface area (Å²) >= 11 is 2.21. The number of sulfonamides is 1. The van der Waals surface area contributed by atoms with Crippen LogP contribution in [0.15, 0.2) is 22.7 Å². The van der Waals surface area contributed by atoms with E-state index >= 15 is 0 Å². The van der Waals surface area contributed by atoms with Gasteiger partial charge in [0.2, 0.25) is 9.30 Å². The number of nitrogens with one attached hydrogen (secondary N) is 1. The fourth-order valence-corrected chi connectivity index (χ4v) is 3.71. The SMILES string of the molecule is NS(=O)(=O)c1nn2cc(-c3ccc(NO)s3)nc2s1. The van der Waals surface area contributed by atoms with Gasteiger partial charge in [0, 0.05) is 0 Å². The van der Waals surface area contributed by atoms with Crippen molar-refractivity contribution < 1.29 is 13.6 Å². The van der Waals surface area contributed by atoms with Gasteiger partial charge in [0.25, 0.3) is 10.0 Å². The van der Waals surface area contributed by atoms with E-state index in [9.17, 15) is 8.42 Å². The highest BCUT2D eigenvalue weighted by molar-refractivity contribution is 7.91. The first-order valence-electron chi connectivity index (χ1n) is 4.87. The van der Waals surface area contributed by atoms with Crippen molar-refractivity contribution in [1.82, 2.24) is 14.6 Å². The first-order chi connectivity index (χ1) is 8.97. The Labute approximate surface area is 115 Å². The molecule has 0 atom stereocenters. The lowest BCUT2D eigenvalue weighted by Gasteiger charge is -1.89. The summed E-state index contributed by atoms with van der Waals surface area (Å²) in [5.74, 6) is 0. The molecule has 0 spiro atoms. The molecular weight excluding hydrogens is 310 g/mol. The summed E-state index contributed by atoms with van der Waals surface area (Å²) in [6.07, 6.45) is 1.60. The minimum atomic E-state index is -3.81. The number of fused-ring (bicyclic) bond motifs is 1. The largest absolute Gasteiger partial charge is 0.290 e. The molecule has 3 rings (SSSR count). The van der Waals surface area contributed by atoms with Crippen LogP contribution in [-0.4, -0.2) is 28.2 Å². The average molecular weight is 317 g/mol. The summed E-state index contributed by atoms with van der Waals surface area (Å²) in [7, 11) is -3.81. The lowest BCUT2D eigenvalue weighted by Crippen LogP contribution is -2.11. The fourth-order valence-electron chi connectivity index (χ4n) is 1.45. The zero-order valence-corrected chi connectivity index (χ0v) is 11.6. The van der Waals surface area contributed by atoms with Gasteiger partial charge >= 0.3 is 0 Å². The number of nitrogens with zero attached hydrogens (tertiary/aromatic N) is 3. The maximum atomic E-state index is 11.1. The normalized spacial score (nSPS) is 12.1. The first-order valence-corrected chi connectivity index (χ1v) is 8.04. The maximum absolute atomic E-state index is 11.1.